The van der Waals surface area contributed by atoms with Gasteiger partial charge in [-0.2, -0.15) is 0 Å². The molecule has 1 unspecified atom stereocenters. The maximum atomic E-state index is 10.1. The predicted molar refractivity (Wildman–Crippen MR) is 35.5 cm³/mol. The van der Waals surface area contributed by atoms with Gasteiger partial charge in [0.25, 0.3) is 0 Å². The summed E-state index contributed by atoms with van der Waals surface area (Å²) in [6, 6.07) is 0. The van der Waals surface area contributed by atoms with Crippen LogP contribution in [-0.2, 0) is 4.74 Å². The summed E-state index contributed by atoms with van der Waals surface area (Å²) < 4.78 is 5.21. The van der Waals surface area contributed by atoms with Gasteiger partial charge in [-0.05, 0) is 19.8 Å². The van der Waals surface area contributed by atoms with Crippen molar-refractivity contribution in [1.82, 2.24) is 0 Å². The molecule has 0 N–H and O–H groups in total. The molecule has 58 valence electrons. The van der Waals surface area contributed by atoms with E-state index in [1.807, 2.05) is 0 Å². The summed E-state index contributed by atoms with van der Waals surface area (Å²) in [7, 11) is 0. The minimum absolute atomic E-state index is 0.0625. The van der Waals surface area contributed by atoms with Crippen molar-refractivity contribution in [3.63, 3.8) is 0 Å². The first-order valence-corrected chi connectivity index (χ1v) is 3.38. The summed E-state index contributed by atoms with van der Waals surface area (Å²) in [6.07, 6.45) is 1.76. The molecule has 1 fully saturated rings. The van der Waals surface area contributed by atoms with E-state index in [2.05, 4.69) is 0 Å². The lowest BCUT2D eigenvalue weighted by Gasteiger charge is -2.16. The fraction of sp³-hybridized carbons (Fsp3) is 1.00. The second-order valence-electron chi connectivity index (χ2n) is 2.89. The second kappa shape index (κ2) is 2.54. The van der Waals surface area contributed by atoms with E-state index in [4.69, 9.17) is 4.74 Å². The summed E-state index contributed by atoms with van der Waals surface area (Å²) in [5, 5.41) is 10.1. The average molecular weight is 145 g/mol. The second-order valence-corrected chi connectivity index (χ2v) is 2.89. The molecule has 0 amide bonds. The van der Waals surface area contributed by atoms with Gasteiger partial charge < -0.3 is 4.74 Å². The first-order chi connectivity index (χ1) is 4.62. The molecule has 4 heteroatoms. The van der Waals surface area contributed by atoms with Crippen LogP contribution in [0, 0.1) is 10.1 Å². The van der Waals surface area contributed by atoms with Crippen LogP contribution in [-0.4, -0.2) is 23.7 Å². The molecule has 0 aromatic heterocycles. The highest BCUT2D eigenvalue weighted by atomic mass is 16.6. The van der Waals surface area contributed by atoms with Crippen molar-refractivity contribution in [2.24, 2.45) is 0 Å². The van der Waals surface area contributed by atoms with Crippen LogP contribution < -0.4 is 0 Å². The lowest BCUT2D eigenvalue weighted by Crippen LogP contribution is -2.32. The van der Waals surface area contributed by atoms with E-state index in [-0.39, 0.29) is 11.5 Å². The molecular weight excluding hydrogens is 134 g/mol. The summed E-state index contributed by atoms with van der Waals surface area (Å²) in [4.78, 5) is 9.77. The van der Waals surface area contributed by atoms with Crippen molar-refractivity contribution >= 4 is 0 Å². The molecule has 0 aromatic carbocycles. The van der Waals surface area contributed by atoms with Crippen molar-refractivity contribution in [2.75, 3.05) is 13.2 Å². The van der Waals surface area contributed by atoms with Crippen LogP contribution in [0.3, 0.4) is 0 Å². The Morgan fingerprint density at radius 3 is 2.90 bits per heavy atom. The summed E-state index contributed by atoms with van der Waals surface area (Å²) in [5.74, 6) is 0. The topological polar surface area (TPSA) is 52.4 Å². The lowest BCUT2D eigenvalue weighted by atomic mass is 10.0. The molecule has 0 saturated carbocycles. The number of hydrogen-bond acceptors (Lipinski definition) is 3. The molecule has 10 heavy (non-hydrogen) atoms. The van der Waals surface area contributed by atoms with Gasteiger partial charge in [0.15, 0.2) is 0 Å². The van der Waals surface area contributed by atoms with Gasteiger partial charge >= 0.3 is 0 Å². The van der Waals surface area contributed by atoms with Gasteiger partial charge in [-0.1, -0.05) is 0 Å². The van der Waals surface area contributed by atoms with E-state index >= 15 is 0 Å². The number of nitrogens with zero attached hydrogens (tertiary/aromatic N) is 1. The van der Waals surface area contributed by atoms with E-state index in [1.54, 1.807) is 6.92 Å². The zero-order valence-corrected chi connectivity index (χ0v) is 6.00. The molecule has 1 heterocycles. The first-order valence-electron chi connectivity index (χ1n) is 3.38. The van der Waals surface area contributed by atoms with Crippen LogP contribution in [0.25, 0.3) is 0 Å². The van der Waals surface area contributed by atoms with E-state index in [1.165, 1.54) is 0 Å². The molecule has 1 rings (SSSR count). The van der Waals surface area contributed by atoms with Gasteiger partial charge in [0.05, 0.1) is 0 Å². The number of hydrogen-bond donors (Lipinski definition) is 0. The first kappa shape index (κ1) is 7.47. The number of ether oxygens (including phenoxy) is 1. The molecule has 1 aliphatic heterocycles. The van der Waals surface area contributed by atoms with Crippen LogP contribution in [0.4, 0.5) is 0 Å². The third-order valence-electron chi connectivity index (χ3n) is 1.76. The van der Waals surface area contributed by atoms with Gasteiger partial charge in [-0.3, -0.25) is 10.1 Å². The zero-order valence-electron chi connectivity index (χ0n) is 6.00. The highest BCUT2D eigenvalue weighted by molar-refractivity contribution is 4.78. The van der Waals surface area contributed by atoms with Gasteiger partial charge in [-0.25, -0.2) is 0 Å². The largest absolute Gasteiger partial charge is 0.368 e. The highest BCUT2D eigenvalue weighted by Crippen LogP contribution is 2.24. The lowest BCUT2D eigenvalue weighted by molar-refractivity contribution is -0.499. The van der Waals surface area contributed by atoms with Crippen molar-refractivity contribution < 1.29 is 9.66 Å². The molecule has 0 radical (unpaired) electrons. The van der Waals surface area contributed by atoms with E-state index < -0.39 is 5.60 Å². The molecule has 0 spiro atoms. The Morgan fingerprint density at radius 1 is 1.80 bits per heavy atom. The molecule has 0 aliphatic carbocycles. The van der Waals surface area contributed by atoms with Crippen molar-refractivity contribution in [2.45, 2.75) is 25.4 Å². The van der Waals surface area contributed by atoms with Crippen molar-refractivity contribution in [3.05, 3.63) is 10.1 Å². The van der Waals surface area contributed by atoms with Crippen LogP contribution in [0.2, 0.25) is 0 Å². The Kier molecular flexibility index (Phi) is 1.89. The molecule has 4 nitrogen and oxygen atoms in total. The molecule has 1 atom stereocenters. The summed E-state index contributed by atoms with van der Waals surface area (Å²) in [5.41, 5.74) is -0.483. The van der Waals surface area contributed by atoms with Crippen molar-refractivity contribution in [3.8, 4) is 0 Å². The Bertz CT molecular complexity index is 140. The number of nitro groups is 1. The predicted octanol–water partition coefficient (Wildman–Crippen LogP) is 0.832. The maximum Gasteiger partial charge on any atom is 0.232 e. The Hall–Kier alpha value is -0.640. The van der Waals surface area contributed by atoms with Gasteiger partial charge in [0, 0.05) is 11.5 Å². The quantitative estimate of drug-likeness (QED) is 0.427. The molecule has 0 aromatic rings. The molecule has 0 bridgehead atoms. The Labute approximate surface area is 59.3 Å². The average Bonchev–Trinajstić information content (AvgIpc) is 2.12. The fourth-order valence-corrected chi connectivity index (χ4v) is 1.23. The Morgan fingerprint density at radius 2 is 2.50 bits per heavy atom. The third kappa shape index (κ3) is 1.67. The van der Waals surface area contributed by atoms with Gasteiger partial charge in [-0.15, -0.1) is 0 Å². The van der Waals surface area contributed by atoms with Crippen LogP contribution in [0.1, 0.15) is 19.8 Å². The highest BCUT2D eigenvalue weighted by Gasteiger charge is 2.34. The summed E-state index contributed by atoms with van der Waals surface area (Å²) in [6.45, 7) is 2.40. The smallest absolute Gasteiger partial charge is 0.232 e. The minimum atomic E-state index is -0.483. The summed E-state index contributed by atoms with van der Waals surface area (Å²) >= 11 is 0. The van der Waals surface area contributed by atoms with Crippen LogP contribution in [0.15, 0.2) is 0 Å². The third-order valence-corrected chi connectivity index (χ3v) is 1.76. The van der Waals surface area contributed by atoms with Gasteiger partial charge in [0.2, 0.25) is 6.54 Å². The monoisotopic (exact) mass is 145 g/mol. The Balaban J connectivity index is 2.43. The van der Waals surface area contributed by atoms with Gasteiger partial charge in [0.1, 0.15) is 5.60 Å². The molecule has 1 aliphatic rings. The van der Waals surface area contributed by atoms with Crippen LogP contribution >= 0.6 is 0 Å². The van der Waals surface area contributed by atoms with Crippen LogP contribution in [0.5, 0.6) is 0 Å². The molecule has 1 saturated heterocycles. The fourth-order valence-electron chi connectivity index (χ4n) is 1.23. The SMILES string of the molecule is CC1(C[N+](=O)[O-])CCCO1. The van der Waals surface area contributed by atoms with Crippen molar-refractivity contribution in [1.29, 1.82) is 0 Å². The zero-order chi connectivity index (χ0) is 7.61. The number of rotatable bonds is 2. The van der Waals surface area contributed by atoms with E-state index in [0.717, 1.165) is 12.8 Å². The van der Waals surface area contributed by atoms with E-state index in [0.29, 0.717) is 6.61 Å². The normalized spacial score (nSPS) is 32.5. The standard InChI is InChI=1S/C6H11NO3/c1-6(5-7(8)9)3-2-4-10-6/h2-5H2,1H3. The maximum absolute atomic E-state index is 10.1. The minimum Gasteiger partial charge on any atom is -0.368 e. The van der Waals surface area contributed by atoms with E-state index in [9.17, 15) is 10.1 Å². The molecular formula is C6H11NO3.